The highest BCUT2D eigenvalue weighted by Crippen LogP contribution is 2.52. The van der Waals surface area contributed by atoms with Gasteiger partial charge in [0.05, 0.1) is 30.5 Å². The van der Waals surface area contributed by atoms with E-state index in [1.165, 1.54) is 99.0 Å². The number of carbonyl (C=O) groups is 12. The Hall–Kier alpha value is -7.54. The fourth-order valence-electron chi connectivity index (χ4n) is 14.1. The first-order valence-corrected chi connectivity index (χ1v) is 34.2. The number of nitrogens with zero attached hydrogens (tertiary/aromatic N) is 11. The molecule has 1 aromatic carbocycles. The van der Waals surface area contributed by atoms with E-state index in [1.807, 2.05) is 0 Å². The van der Waals surface area contributed by atoms with Crippen molar-refractivity contribution in [1.82, 2.24) is 59.6 Å². The van der Waals surface area contributed by atoms with E-state index >= 15 is 28.8 Å². The fourth-order valence-corrected chi connectivity index (χ4v) is 14.1. The lowest BCUT2D eigenvalue weighted by Crippen LogP contribution is -2.65. The first kappa shape index (κ1) is 83.9. The summed E-state index contributed by atoms with van der Waals surface area (Å²) in [6.45, 7) is 23.8. The van der Waals surface area contributed by atoms with Gasteiger partial charge in [0.15, 0.2) is 6.17 Å². The molecule has 3 aliphatic heterocycles. The number of para-hydroxylation sites is 1. The zero-order valence-electron chi connectivity index (χ0n) is 62.9. The van der Waals surface area contributed by atoms with Crippen LogP contribution in [0.3, 0.4) is 0 Å². The van der Waals surface area contributed by atoms with Gasteiger partial charge in [-0.3, -0.25) is 62.7 Å². The summed E-state index contributed by atoms with van der Waals surface area (Å²) in [5.74, 6) is -15.8. The number of nitrogens with one attached hydrogen (secondary N) is 2. The van der Waals surface area contributed by atoms with Gasteiger partial charge in [-0.15, -0.1) is 0 Å². The molecule has 30 nitrogen and oxygen atoms in total. The molecule has 0 spiro atoms. The van der Waals surface area contributed by atoms with Gasteiger partial charge in [0.1, 0.15) is 60.0 Å². The van der Waals surface area contributed by atoms with E-state index < -0.39 is 216 Å². The Bertz CT molecular complexity index is 3140. The highest BCUT2D eigenvalue weighted by molar-refractivity contribution is 6.00. The van der Waals surface area contributed by atoms with Gasteiger partial charge < -0.3 is 80.1 Å². The Morgan fingerprint density at radius 1 is 0.505 bits per heavy atom. The summed E-state index contributed by atoms with van der Waals surface area (Å²) in [5.41, 5.74) is -3.91. The van der Waals surface area contributed by atoms with E-state index in [1.54, 1.807) is 95.2 Å². The van der Waals surface area contributed by atoms with Gasteiger partial charge in [-0.2, -0.15) is 0 Å². The Morgan fingerprint density at radius 2 is 0.929 bits per heavy atom. The van der Waals surface area contributed by atoms with Crippen LogP contribution in [0.2, 0.25) is 0 Å². The van der Waals surface area contributed by atoms with Gasteiger partial charge in [0, 0.05) is 81.3 Å². The first-order chi connectivity index (χ1) is 45.6. The highest BCUT2D eigenvalue weighted by atomic mass is 16.5. The number of anilines is 1. The number of likely N-dealkylation sites (N-methyl/N-ethyl adjacent to an activating group) is 9. The summed E-state index contributed by atoms with van der Waals surface area (Å²) in [4.78, 5) is 189. The predicted molar refractivity (Wildman–Crippen MR) is 366 cm³/mol. The molecule has 0 radical (unpaired) electrons. The molecule has 0 aliphatic carbocycles. The maximum Gasteiger partial charge on any atom is 0.270 e. The Morgan fingerprint density at radius 3 is 1.41 bits per heavy atom. The van der Waals surface area contributed by atoms with Crippen LogP contribution in [0.25, 0.3) is 0 Å². The summed E-state index contributed by atoms with van der Waals surface area (Å²) in [7, 11) is 11.4. The monoisotopic (exact) mass is 1400 g/mol. The van der Waals surface area contributed by atoms with Gasteiger partial charge in [-0.05, 0) is 62.3 Å². The molecule has 1 aromatic rings. The van der Waals surface area contributed by atoms with Gasteiger partial charge in [0.2, 0.25) is 71.2 Å². The molecule has 3 aliphatic rings. The molecule has 0 bridgehead atoms. The highest BCUT2D eigenvalue weighted by Gasteiger charge is 2.64. The third-order valence-electron chi connectivity index (χ3n) is 20.5. The summed E-state index contributed by atoms with van der Waals surface area (Å²) in [6, 6.07) is -7.03. The van der Waals surface area contributed by atoms with Crippen molar-refractivity contribution in [3.8, 4) is 0 Å². The minimum Gasteiger partial charge on any atom is -0.393 e. The molecule has 7 N–H and O–H groups in total. The predicted octanol–water partition coefficient (Wildman–Crippen LogP) is 0.153. The number of hydroxylamine groups is 1. The average molecular weight is 1400 g/mol. The summed E-state index contributed by atoms with van der Waals surface area (Å²) >= 11 is 0. The number of carbonyl (C=O) groups excluding carboxylic acids is 12. The average Bonchev–Trinajstić information content (AvgIpc) is 1.54. The van der Waals surface area contributed by atoms with E-state index in [0.717, 1.165) is 48.4 Å². The number of aliphatic hydroxyl groups is 4. The third-order valence-corrected chi connectivity index (χ3v) is 20.5. The van der Waals surface area contributed by atoms with E-state index in [-0.39, 0.29) is 17.7 Å². The molecule has 0 aromatic heterocycles. The van der Waals surface area contributed by atoms with E-state index in [4.69, 9.17) is 0 Å². The standard InChI is InChI=1S/C69H115N13O17/c1-26-39(11)49-60(90)76(21)52(38(9)10)63(93)77(22)51(37(7)8)61(91)72(17)33-46(84)74(19)55(68(15,16)97)65(95)79(24)54(41(13)42(14)83)64(94)80(25)66(96)57(87)70-48(35(3)4)59(89)78(23)53(40(12)27-2)62(92)73(18)34-47(85)81-45(58(88)75(20)50(36(5)6)56(86)71-49)32-69(98)43-30-28-29-31-44(43)82(99)67(69)81/h28-31,35-42,45,48-55,66-67,83,96-99H,26-27,32-34H2,1-25H3,(H,70,87)(H,71,86). The van der Waals surface area contributed by atoms with Gasteiger partial charge in [0.25, 0.3) is 5.91 Å². The molecule has 0 saturated carbocycles. The minimum atomic E-state index is -2.38. The molecule has 3 heterocycles. The topological polar surface area (TPSA) is 366 Å². The number of hydrogen-bond donors (Lipinski definition) is 7. The van der Waals surface area contributed by atoms with Gasteiger partial charge in [-0.25, -0.2) is 5.06 Å². The maximum atomic E-state index is 15.5. The van der Waals surface area contributed by atoms with E-state index in [9.17, 15) is 54.4 Å². The molecule has 12 amide bonds. The number of amides is 12. The van der Waals surface area contributed by atoms with Crippen LogP contribution in [-0.2, 0) is 63.1 Å². The number of rotatable bonds is 11. The molecule has 4 rings (SSSR count). The molecule has 99 heavy (non-hydrogen) atoms. The quantitative estimate of drug-likeness (QED) is 0.155. The largest absolute Gasteiger partial charge is 0.393 e. The first-order valence-electron chi connectivity index (χ1n) is 34.2. The van der Waals surface area contributed by atoms with Gasteiger partial charge in [-0.1, -0.05) is 121 Å². The van der Waals surface area contributed by atoms with Crippen molar-refractivity contribution < 1.29 is 83.2 Å². The lowest BCUT2D eigenvalue weighted by atomic mass is 9.90. The van der Waals surface area contributed by atoms with Crippen LogP contribution in [0.5, 0.6) is 0 Å². The van der Waals surface area contributed by atoms with Crippen LogP contribution in [-0.4, -0.2) is 301 Å². The van der Waals surface area contributed by atoms with Crippen LogP contribution in [0.4, 0.5) is 5.69 Å². The second-order valence-electron chi connectivity index (χ2n) is 29.7. The van der Waals surface area contributed by atoms with Crippen molar-refractivity contribution in [1.29, 1.82) is 0 Å². The smallest absolute Gasteiger partial charge is 0.270 e. The van der Waals surface area contributed by atoms with Crippen molar-refractivity contribution in [3.63, 3.8) is 0 Å². The van der Waals surface area contributed by atoms with E-state index in [2.05, 4.69) is 10.6 Å². The van der Waals surface area contributed by atoms with Crippen molar-refractivity contribution in [2.75, 3.05) is 81.6 Å². The lowest BCUT2D eigenvalue weighted by Gasteiger charge is -2.43. The Labute approximate surface area is 584 Å². The molecular weight excluding hydrogens is 1280 g/mol. The zero-order chi connectivity index (χ0) is 76.2. The van der Waals surface area contributed by atoms with Crippen LogP contribution < -0.4 is 15.7 Å². The SMILES string of the molecule is CCC(C)C1NC(=O)C(C(C)C)N(C)C(=O)C2CC3(O)c4ccccc4N(O)C3N2C(=O)CN(C)C(=O)C(C(C)CC)N(C)C(=O)C(C(C)C)NC(=O)C(O)N(C)C(=O)C(C(C)C(C)O)N(C)C(=O)C(C(C)(C)O)N(C)C(=O)CN(C)C(=O)C(C(C)C)N(C)C(=O)C(C(C)C)N(C)C1=O. The van der Waals surface area contributed by atoms with Crippen LogP contribution in [0.1, 0.15) is 136 Å². The minimum absolute atomic E-state index is 0.122. The molecule has 2 saturated heterocycles. The fraction of sp³-hybridized carbons (Fsp3) is 0.739. The number of benzene rings is 1. The van der Waals surface area contributed by atoms with Crippen LogP contribution in [0.15, 0.2) is 24.3 Å². The summed E-state index contributed by atoms with van der Waals surface area (Å²) in [6.07, 6.45) is -5.28. The zero-order valence-corrected chi connectivity index (χ0v) is 62.9. The normalized spacial score (nSPS) is 29.2. The molecule has 16 atom stereocenters. The molecule has 2 fully saturated rings. The van der Waals surface area contributed by atoms with Crippen molar-refractivity contribution in [2.24, 2.45) is 41.4 Å². The maximum absolute atomic E-state index is 15.5. The second-order valence-corrected chi connectivity index (χ2v) is 29.7. The third kappa shape index (κ3) is 17.3. The van der Waals surface area contributed by atoms with E-state index in [0.29, 0.717) is 16.4 Å². The van der Waals surface area contributed by atoms with Crippen molar-refractivity contribution >= 4 is 76.6 Å². The summed E-state index contributed by atoms with van der Waals surface area (Å²) < 4.78 is 0. The molecule has 558 valence electrons. The number of fused-ring (bicyclic) bond motifs is 5. The van der Waals surface area contributed by atoms with Crippen LogP contribution in [0, 0.1) is 41.4 Å². The Kier molecular flexibility index (Phi) is 28.2. The number of aliphatic hydroxyl groups excluding tert-OH is 2. The molecule has 30 heteroatoms. The second kappa shape index (κ2) is 33.3. The number of hydrogen-bond acceptors (Lipinski definition) is 18. The molecular formula is C69H115N13O17. The lowest BCUT2D eigenvalue weighted by molar-refractivity contribution is -0.165. The van der Waals surface area contributed by atoms with Crippen molar-refractivity contribution in [2.45, 2.75) is 214 Å². The van der Waals surface area contributed by atoms with Crippen LogP contribution >= 0.6 is 0 Å². The summed E-state index contributed by atoms with van der Waals surface area (Å²) in [5, 5.41) is 65.2. The van der Waals surface area contributed by atoms with Crippen molar-refractivity contribution in [3.05, 3.63) is 29.8 Å². The molecule has 16 unspecified atom stereocenters. The van der Waals surface area contributed by atoms with Gasteiger partial charge >= 0.3 is 0 Å². The Balaban J connectivity index is 1.98.